The van der Waals surface area contributed by atoms with Gasteiger partial charge in [0.05, 0.1) is 5.69 Å². The molecule has 9 nitrogen and oxygen atoms in total. The van der Waals surface area contributed by atoms with Gasteiger partial charge in [0.1, 0.15) is 6.33 Å². The van der Waals surface area contributed by atoms with Crippen LogP contribution >= 0.6 is 11.8 Å². The molecule has 0 atom stereocenters. The van der Waals surface area contributed by atoms with E-state index in [0.29, 0.717) is 12.0 Å². The number of nitrogens with one attached hydrogen (secondary N) is 2. The zero-order valence-electron chi connectivity index (χ0n) is 17.5. The zero-order valence-corrected chi connectivity index (χ0v) is 18.3. The summed E-state index contributed by atoms with van der Waals surface area (Å²) < 4.78 is 3.66. The molecule has 3 rings (SSSR count). The van der Waals surface area contributed by atoms with Gasteiger partial charge in [0.15, 0.2) is 5.16 Å². The van der Waals surface area contributed by atoms with Crippen molar-refractivity contribution in [3.63, 3.8) is 0 Å². The minimum absolute atomic E-state index is 0.247. The van der Waals surface area contributed by atoms with Gasteiger partial charge in [0.25, 0.3) is 5.91 Å². The first-order valence-corrected chi connectivity index (χ1v) is 10.5. The summed E-state index contributed by atoms with van der Waals surface area (Å²) in [7, 11) is 3.77. The molecule has 2 amide bonds. The van der Waals surface area contributed by atoms with Gasteiger partial charge in [-0.2, -0.15) is 5.10 Å². The van der Waals surface area contributed by atoms with Crippen LogP contribution in [0.4, 0.5) is 0 Å². The molecule has 0 aliphatic carbocycles. The van der Waals surface area contributed by atoms with Crippen LogP contribution in [-0.4, -0.2) is 36.4 Å². The molecule has 30 heavy (non-hydrogen) atoms. The van der Waals surface area contributed by atoms with E-state index in [1.807, 2.05) is 44.6 Å². The van der Waals surface area contributed by atoms with E-state index in [1.54, 1.807) is 34.9 Å². The van der Waals surface area contributed by atoms with Gasteiger partial charge in [-0.05, 0) is 43.5 Å². The van der Waals surface area contributed by atoms with Crippen LogP contribution in [0, 0.1) is 13.8 Å². The van der Waals surface area contributed by atoms with Gasteiger partial charge < -0.3 is 4.57 Å². The number of amides is 2. The maximum Gasteiger partial charge on any atom is 0.269 e. The number of hydrazine groups is 1. The molecular formula is C20H25N7O2S. The van der Waals surface area contributed by atoms with E-state index in [4.69, 9.17) is 0 Å². The standard InChI is InChI=1S/C20H25N7O2S/c1-13-17(14(2)27(4)25-13)9-10-18(28)22-23-19(29)16-7-5-15(6-8-16)11-30-20-24-21-12-26(20)3/h5-8,12H,9-11H2,1-4H3,(H,22,28)(H,23,29). The minimum atomic E-state index is -0.357. The van der Waals surface area contributed by atoms with Crippen molar-refractivity contribution in [3.8, 4) is 0 Å². The Labute approximate surface area is 179 Å². The molecule has 0 spiro atoms. The fourth-order valence-corrected chi connectivity index (χ4v) is 3.83. The van der Waals surface area contributed by atoms with Gasteiger partial charge >= 0.3 is 0 Å². The van der Waals surface area contributed by atoms with Crippen molar-refractivity contribution in [1.82, 2.24) is 35.4 Å². The molecule has 2 heterocycles. The summed E-state index contributed by atoms with van der Waals surface area (Å²) in [6.07, 6.45) is 2.50. The largest absolute Gasteiger partial charge is 0.312 e. The molecule has 0 aliphatic rings. The molecule has 158 valence electrons. The third kappa shape index (κ3) is 5.26. The third-order valence-corrected chi connectivity index (χ3v) is 5.94. The molecule has 0 radical (unpaired) electrons. The van der Waals surface area contributed by atoms with E-state index in [1.165, 1.54) is 0 Å². The number of thioether (sulfide) groups is 1. The quantitative estimate of drug-likeness (QED) is 0.440. The highest BCUT2D eigenvalue weighted by molar-refractivity contribution is 7.98. The maximum atomic E-state index is 12.3. The molecule has 1 aromatic carbocycles. The fourth-order valence-electron chi connectivity index (χ4n) is 2.98. The van der Waals surface area contributed by atoms with Gasteiger partial charge in [-0.15, -0.1) is 10.2 Å². The SMILES string of the molecule is Cc1nn(C)c(C)c1CCC(=O)NNC(=O)c1ccc(CSc2nncn2C)cc1. The Morgan fingerprint density at radius 3 is 2.43 bits per heavy atom. The van der Waals surface area contributed by atoms with Gasteiger partial charge in [0, 0.05) is 37.5 Å². The van der Waals surface area contributed by atoms with Gasteiger partial charge in [-0.1, -0.05) is 23.9 Å². The van der Waals surface area contributed by atoms with Crippen molar-refractivity contribution in [3.05, 3.63) is 58.7 Å². The lowest BCUT2D eigenvalue weighted by Gasteiger charge is -2.08. The van der Waals surface area contributed by atoms with Crippen LogP contribution in [0.1, 0.15) is 39.3 Å². The molecular weight excluding hydrogens is 402 g/mol. The Morgan fingerprint density at radius 2 is 1.83 bits per heavy atom. The lowest BCUT2D eigenvalue weighted by Crippen LogP contribution is -2.41. The van der Waals surface area contributed by atoms with Crippen molar-refractivity contribution in [2.75, 3.05) is 0 Å². The van der Waals surface area contributed by atoms with Crippen LogP contribution in [0.3, 0.4) is 0 Å². The molecule has 0 unspecified atom stereocenters. The maximum absolute atomic E-state index is 12.3. The summed E-state index contributed by atoms with van der Waals surface area (Å²) >= 11 is 1.57. The van der Waals surface area contributed by atoms with Crippen molar-refractivity contribution in [2.45, 2.75) is 37.6 Å². The molecule has 0 fully saturated rings. The lowest BCUT2D eigenvalue weighted by molar-refractivity contribution is -0.121. The first-order valence-electron chi connectivity index (χ1n) is 9.49. The van der Waals surface area contributed by atoms with Crippen LogP contribution in [0.25, 0.3) is 0 Å². The summed E-state index contributed by atoms with van der Waals surface area (Å²) in [6.45, 7) is 3.90. The summed E-state index contributed by atoms with van der Waals surface area (Å²) in [5.74, 6) is 0.116. The zero-order chi connectivity index (χ0) is 21.7. The Bertz CT molecular complexity index is 1040. The van der Waals surface area contributed by atoms with Gasteiger partial charge in [-0.3, -0.25) is 25.1 Å². The number of hydrogen-bond donors (Lipinski definition) is 2. The van der Waals surface area contributed by atoms with E-state index >= 15 is 0 Å². The van der Waals surface area contributed by atoms with Crippen molar-refractivity contribution >= 4 is 23.6 Å². The van der Waals surface area contributed by atoms with Gasteiger partial charge in [-0.25, -0.2) is 0 Å². The molecule has 2 aromatic heterocycles. The molecule has 0 bridgehead atoms. The monoisotopic (exact) mass is 427 g/mol. The average Bonchev–Trinajstić information content (AvgIpc) is 3.25. The van der Waals surface area contributed by atoms with Gasteiger partial charge in [0.2, 0.25) is 5.91 Å². The minimum Gasteiger partial charge on any atom is -0.312 e. The predicted molar refractivity (Wildman–Crippen MR) is 114 cm³/mol. The van der Waals surface area contributed by atoms with Crippen molar-refractivity contribution < 1.29 is 9.59 Å². The van der Waals surface area contributed by atoms with Crippen molar-refractivity contribution in [2.24, 2.45) is 14.1 Å². The van der Waals surface area contributed by atoms with E-state index < -0.39 is 0 Å². The second-order valence-electron chi connectivity index (χ2n) is 6.99. The van der Waals surface area contributed by atoms with Crippen LogP contribution in [0.5, 0.6) is 0 Å². The second-order valence-corrected chi connectivity index (χ2v) is 7.93. The Hall–Kier alpha value is -3.14. The first kappa shape index (κ1) is 21.6. The number of carbonyl (C=O) groups is 2. The third-order valence-electron chi connectivity index (χ3n) is 4.83. The van der Waals surface area contributed by atoms with E-state index in [2.05, 4.69) is 26.1 Å². The van der Waals surface area contributed by atoms with E-state index in [-0.39, 0.29) is 18.2 Å². The molecule has 0 saturated carbocycles. The Morgan fingerprint density at radius 1 is 1.10 bits per heavy atom. The van der Waals surface area contributed by atoms with Crippen LogP contribution in [0.15, 0.2) is 35.7 Å². The lowest BCUT2D eigenvalue weighted by atomic mass is 10.1. The highest BCUT2D eigenvalue weighted by Crippen LogP contribution is 2.20. The molecule has 3 aromatic rings. The number of hydrogen-bond acceptors (Lipinski definition) is 6. The number of benzene rings is 1. The fraction of sp³-hybridized carbons (Fsp3) is 0.350. The Kier molecular flexibility index (Phi) is 6.88. The summed E-state index contributed by atoms with van der Waals surface area (Å²) in [4.78, 5) is 24.4. The smallest absolute Gasteiger partial charge is 0.269 e. The highest BCUT2D eigenvalue weighted by Gasteiger charge is 2.12. The number of nitrogens with zero attached hydrogens (tertiary/aromatic N) is 5. The van der Waals surface area contributed by atoms with Crippen LogP contribution in [-0.2, 0) is 31.1 Å². The number of aromatic nitrogens is 5. The number of carbonyl (C=O) groups excluding carboxylic acids is 2. The molecule has 2 N–H and O–H groups in total. The number of rotatable bonds is 7. The summed E-state index contributed by atoms with van der Waals surface area (Å²) in [5.41, 5.74) is 9.50. The van der Waals surface area contributed by atoms with Crippen LogP contribution in [0.2, 0.25) is 0 Å². The normalized spacial score (nSPS) is 10.8. The van der Waals surface area contributed by atoms with Crippen molar-refractivity contribution in [1.29, 1.82) is 0 Å². The first-order chi connectivity index (χ1) is 14.3. The van der Waals surface area contributed by atoms with E-state index in [0.717, 1.165) is 33.4 Å². The number of aryl methyl sites for hydroxylation is 3. The topological polar surface area (TPSA) is 107 Å². The summed E-state index contributed by atoms with van der Waals surface area (Å²) in [5, 5.41) is 13.1. The summed E-state index contributed by atoms with van der Waals surface area (Å²) in [6, 6.07) is 7.23. The molecule has 10 heteroatoms. The van der Waals surface area contributed by atoms with E-state index in [9.17, 15) is 9.59 Å². The predicted octanol–water partition coefficient (Wildman–Crippen LogP) is 1.85. The molecule has 0 aliphatic heterocycles. The molecule has 0 saturated heterocycles. The highest BCUT2D eigenvalue weighted by atomic mass is 32.2. The Balaban J connectivity index is 1.45. The van der Waals surface area contributed by atoms with Crippen LogP contribution < -0.4 is 10.9 Å². The average molecular weight is 428 g/mol. The second kappa shape index (κ2) is 9.57.